The largest absolute Gasteiger partial charge is 0.497 e. The van der Waals surface area contributed by atoms with Crippen LogP contribution < -0.4 is 20.1 Å². The van der Waals surface area contributed by atoms with Crippen molar-refractivity contribution in [1.29, 1.82) is 0 Å². The Balaban J connectivity index is 1.68. The summed E-state index contributed by atoms with van der Waals surface area (Å²) in [6.45, 7) is 2.65. The van der Waals surface area contributed by atoms with Gasteiger partial charge < -0.3 is 24.5 Å². The van der Waals surface area contributed by atoms with Crippen LogP contribution in [0.1, 0.15) is 40.7 Å². The van der Waals surface area contributed by atoms with Gasteiger partial charge in [-0.3, -0.25) is 9.59 Å². The van der Waals surface area contributed by atoms with E-state index in [4.69, 9.17) is 13.9 Å². The molecule has 3 aromatic rings. The van der Waals surface area contributed by atoms with Crippen LogP contribution >= 0.6 is 0 Å². The smallest absolute Gasteiger partial charge is 0.291 e. The van der Waals surface area contributed by atoms with Gasteiger partial charge in [0, 0.05) is 17.3 Å². The normalized spacial score (nSPS) is 10.3. The van der Waals surface area contributed by atoms with Gasteiger partial charge >= 0.3 is 0 Å². The first-order valence-corrected chi connectivity index (χ1v) is 9.68. The molecule has 30 heavy (non-hydrogen) atoms. The zero-order valence-electron chi connectivity index (χ0n) is 16.9. The number of anilines is 2. The standard InChI is InChI=1S/C23H24N2O5/c1-3-4-13-29-20-12-11-18(28-2)15-19(20)25-22(26)16-7-9-17(10-8-16)24-23(27)21-6-5-14-30-21/h5-12,14-15H,3-4,13H2,1-2H3,(H,24,27)(H,25,26). The summed E-state index contributed by atoms with van der Waals surface area (Å²) >= 11 is 0. The summed E-state index contributed by atoms with van der Waals surface area (Å²) in [7, 11) is 1.56. The van der Waals surface area contributed by atoms with E-state index in [1.54, 1.807) is 61.7 Å². The van der Waals surface area contributed by atoms with E-state index in [0.29, 0.717) is 35.0 Å². The third kappa shape index (κ3) is 5.41. The number of unbranched alkanes of at least 4 members (excludes halogenated alkanes) is 1. The molecule has 7 heteroatoms. The fraction of sp³-hybridized carbons (Fsp3) is 0.217. The summed E-state index contributed by atoms with van der Waals surface area (Å²) in [6.07, 6.45) is 3.37. The maximum Gasteiger partial charge on any atom is 0.291 e. The molecule has 0 saturated carbocycles. The van der Waals surface area contributed by atoms with Gasteiger partial charge in [-0.25, -0.2) is 0 Å². The van der Waals surface area contributed by atoms with Gasteiger partial charge in [-0.05, 0) is 55.0 Å². The first-order valence-electron chi connectivity index (χ1n) is 9.68. The van der Waals surface area contributed by atoms with Crippen molar-refractivity contribution >= 4 is 23.2 Å². The van der Waals surface area contributed by atoms with E-state index in [1.807, 2.05) is 0 Å². The molecule has 156 valence electrons. The number of amides is 2. The van der Waals surface area contributed by atoms with E-state index in [1.165, 1.54) is 6.26 Å². The van der Waals surface area contributed by atoms with E-state index < -0.39 is 0 Å². The lowest BCUT2D eigenvalue weighted by Crippen LogP contribution is -2.14. The molecule has 1 aromatic heterocycles. The number of methoxy groups -OCH3 is 1. The number of ether oxygens (including phenoxy) is 2. The quantitative estimate of drug-likeness (QED) is 0.488. The molecule has 2 aromatic carbocycles. The lowest BCUT2D eigenvalue weighted by Gasteiger charge is -2.14. The summed E-state index contributed by atoms with van der Waals surface area (Å²) < 4.78 is 16.1. The van der Waals surface area contributed by atoms with Gasteiger partial charge in [-0.15, -0.1) is 0 Å². The number of hydrogen-bond donors (Lipinski definition) is 2. The van der Waals surface area contributed by atoms with Gasteiger partial charge in [0.2, 0.25) is 0 Å². The summed E-state index contributed by atoms with van der Waals surface area (Å²) in [5, 5.41) is 5.58. The number of carbonyl (C=O) groups excluding carboxylic acids is 2. The summed E-state index contributed by atoms with van der Waals surface area (Å²) in [5.74, 6) is 0.754. The topological polar surface area (TPSA) is 89.8 Å². The molecule has 2 amide bonds. The van der Waals surface area contributed by atoms with Crippen LogP contribution in [-0.2, 0) is 0 Å². The van der Waals surface area contributed by atoms with E-state index in [-0.39, 0.29) is 17.6 Å². The predicted octanol–water partition coefficient (Wildman–Crippen LogP) is 4.97. The molecule has 2 N–H and O–H groups in total. The Kier molecular flexibility index (Phi) is 7.10. The molecule has 0 aliphatic rings. The minimum atomic E-state index is -0.359. The van der Waals surface area contributed by atoms with Gasteiger partial charge in [0.25, 0.3) is 11.8 Å². The van der Waals surface area contributed by atoms with Crippen molar-refractivity contribution in [2.24, 2.45) is 0 Å². The maximum absolute atomic E-state index is 12.7. The SMILES string of the molecule is CCCCOc1ccc(OC)cc1NC(=O)c1ccc(NC(=O)c2ccco2)cc1. The van der Waals surface area contributed by atoms with Crippen LogP contribution in [0.4, 0.5) is 11.4 Å². The third-order valence-electron chi connectivity index (χ3n) is 4.34. The molecule has 0 atom stereocenters. The Morgan fingerprint density at radius 1 is 1.00 bits per heavy atom. The first-order chi connectivity index (χ1) is 14.6. The van der Waals surface area contributed by atoms with Crippen molar-refractivity contribution in [2.45, 2.75) is 19.8 Å². The van der Waals surface area contributed by atoms with Crippen LogP contribution in [0.2, 0.25) is 0 Å². The predicted molar refractivity (Wildman–Crippen MR) is 114 cm³/mol. The number of nitrogens with one attached hydrogen (secondary N) is 2. The fourth-order valence-corrected chi connectivity index (χ4v) is 2.69. The van der Waals surface area contributed by atoms with Crippen molar-refractivity contribution in [3.63, 3.8) is 0 Å². The van der Waals surface area contributed by atoms with Crippen LogP contribution in [0.3, 0.4) is 0 Å². The summed E-state index contributed by atoms with van der Waals surface area (Å²) in [5.41, 5.74) is 1.52. The van der Waals surface area contributed by atoms with Crippen molar-refractivity contribution in [1.82, 2.24) is 0 Å². The maximum atomic E-state index is 12.7. The highest BCUT2D eigenvalue weighted by atomic mass is 16.5. The Morgan fingerprint density at radius 2 is 1.80 bits per heavy atom. The highest BCUT2D eigenvalue weighted by Gasteiger charge is 2.13. The lowest BCUT2D eigenvalue weighted by atomic mass is 10.1. The highest BCUT2D eigenvalue weighted by molar-refractivity contribution is 6.06. The van der Waals surface area contributed by atoms with Crippen LogP contribution in [0.15, 0.2) is 65.3 Å². The molecule has 0 spiro atoms. The molecular weight excluding hydrogens is 384 g/mol. The zero-order valence-corrected chi connectivity index (χ0v) is 16.9. The fourth-order valence-electron chi connectivity index (χ4n) is 2.69. The molecule has 0 aliphatic heterocycles. The second-order valence-electron chi connectivity index (χ2n) is 6.53. The van der Waals surface area contributed by atoms with Gasteiger partial charge in [0.15, 0.2) is 5.76 Å². The zero-order chi connectivity index (χ0) is 21.3. The van der Waals surface area contributed by atoms with Crippen LogP contribution in [0, 0.1) is 0 Å². The Morgan fingerprint density at radius 3 is 2.47 bits per heavy atom. The van der Waals surface area contributed by atoms with Gasteiger partial charge in [-0.1, -0.05) is 13.3 Å². The monoisotopic (exact) mass is 408 g/mol. The van der Waals surface area contributed by atoms with Crippen molar-refractivity contribution < 1.29 is 23.5 Å². The minimum absolute atomic E-state index is 0.213. The number of furan rings is 1. The van der Waals surface area contributed by atoms with Gasteiger partial charge in [0.1, 0.15) is 11.5 Å². The Bertz CT molecular complexity index is 981. The Hall–Kier alpha value is -3.74. The van der Waals surface area contributed by atoms with Crippen LogP contribution in [-0.4, -0.2) is 25.5 Å². The molecule has 1 heterocycles. The van der Waals surface area contributed by atoms with E-state index in [2.05, 4.69) is 17.6 Å². The molecule has 7 nitrogen and oxygen atoms in total. The molecular formula is C23H24N2O5. The van der Waals surface area contributed by atoms with E-state index in [0.717, 1.165) is 12.8 Å². The lowest BCUT2D eigenvalue weighted by molar-refractivity contribution is 0.0995. The Labute approximate surface area is 175 Å². The third-order valence-corrected chi connectivity index (χ3v) is 4.34. The van der Waals surface area contributed by atoms with E-state index in [9.17, 15) is 9.59 Å². The molecule has 0 radical (unpaired) electrons. The summed E-state index contributed by atoms with van der Waals surface area (Å²) in [4.78, 5) is 24.7. The van der Waals surface area contributed by atoms with Crippen molar-refractivity contribution in [3.8, 4) is 11.5 Å². The average molecular weight is 408 g/mol. The second kappa shape index (κ2) is 10.2. The summed E-state index contributed by atoms with van der Waals surface area (Å²) in [6, 6.07) is 15.1. The van der Waals surface area contributed by atoms with E-state index >= 15 is 0 Å². The van der Waals surface area contributed by atoms with Gasteiger partial charge in [0.05, 0.1) is 25.7 Å². The molecule has 3 rings (SSSR count). The molecule has 0 unspecified atom stereocenters. The molecule has 0 fully saturated rings. The number of carbonyl (C=O) groups is 2. The molecule has 0 bridgehead atoms. The number of benzene rings is 2. The van der Waals surface area contributed by atoms with Crippen molar-refractivity contribution in [3.05, 3.63) is 72.2 Å². The second-order valence-corrected chi connectivity index (χ2v) is 6.53. The van der Waals surface area contributed by atoms with Gasteiger partial charge in [-0.2, -0.15) is 0 Å². The molecule has 0 aliphatic carbocycles. The highest BCUT2D eigenvalue weighted by Crippen LogP contribution is 2.30. The van der Waals surface area contributed by atoms with Crippen LogP contribution in [0.25, 0.3) is 0 Å². The first kappa shape index (κ1) is 21.0. The van der Waals surface area contributed by atoms with Crippen molar-refractivity contribution in [2.75, 3.05) is 24.4 Å². The minimum Gasteiger partial charge on any atom is -0.497 e. The average Bonchev–Trinajstić information content (AvgIpc) is 3.30. The number of rotatable bonds is 9. The van der Waals surface area contributed by atoms with Crippen LogP contribution in [0.5, 0.6) is 11.5 Å². The number of hydrogen-bond acceptors (Lipinski definition) is 5. The molecule has 0 saturated heterocycles.